The van der Waals surface area contributed by atoms with Gasteiger partial charge in [-0.05, 0) is 19.0 Å². The van der Waals surface area contributed by atoms with Gasteiger partial charge in [0.25, 0.3) is 0 Å². The maximum Gasteiger partial charge on any atom is 0.237 e. The summed E-state index contributed by atoms with van der Waals surface area (Å²) in [6, 6.07) is 1.57. The summed E-state index contributed by atoms with van der Waals surface area (Å²) in [5.41, 5.74) is 0.699. The van der Waals surface area contributed by atoms with Crippen LogP contribution in [-0.2, 0) is 0 Å². The van der Waals surface area contributed by atoms with Crippen LogP contribution in [0.5, 0.6) is 5.88 Å². The number of hydrogen-bond donors (Lipinski definition) is 1. The maximum atomic E-state index is 5.26. The summed E-state index contributed by atoms with van der Waals surface area (Å²) >= 11 is 0. The second-order valence-corrected chi connectivity index (χ2v) is 3.94. The van der Waals surface area contributed by atoms with Crippen molar-refractivity contribution in [1.29, 1.82) is 0 Å². The van der Waals surface area contributed by atoms with E-state index >= 15 is 0 Å². The van der Waals surface area contributed by atoms with Gasteiger partial charge in [0.05, 0.1) is 7.11 Å². The SMILES string of the molecule is CCCNC(c1ncccn1)c1nccnc1OC. The molecule has 0 aliphatic carbocycles. The molecule has 2 heterocycles. The van der Waals surface area contributed by atoms with E-state index in [2.05, 4.69) is 32.2 Å². The van der Waals surface area contributed by atoms with Gasteiger partial charge < -0.3 is 10.1 Å². The number of aromatic nitrogens is 4. The summed E-state index contributed by atoms with van der Waals surface area (Å²) in [6.07, 6.45) is 7.68. The molecule has 0 amide bonds. The highest BCUT2D eigenvalue weighted by molar-refractivity contribution is 5.26. The van der Waals surface area contributed by atoms with Gasteiger partial charge >= 0.3 is 0 Å². The van der Waals surface area contributed by atoms with Crippen LogP contribution in [0.25, 0.3) is 0 Å². The average molecular weight is 259 g/mol. The molecule has 1 atom stereocenters. The topological polar surface area (TPSA) is 72.8 Å². The van der Waals surface area contributed by atoms with Gasteiger partial charge in [0.15, 0.2) is 5.82 Å². The second-order valence-electron chi connectivity index (χ2n) is 3.94. The fourth-order valence-corrected chi connectivity index (χ4v) is 1.75. The molecule has 0 aromatic carbocycles. The van der Waals surface area contributed by atoms with Gasteiger partial charge in [0, 0.05) is 24.8 Å². The fraction of sp³-hybridized carbons (Fsp3) is 0.385. The number of nitrogens with one attached hydrogen (secondary N) is 1. The molecule has 0 radical (unpaired) electrons. The molecule has 100 valence electrons. The van der Waals surface area contributed by atoms with Crippen molar-refractivity contribution in [3.63, 3.8) is 0 Å². The van der Waals surface area contributed by atoms with Gasteiger partial charge in [-0.15, -0.1) is 0 Å². The van der Waals surface area contributed by atoms with E-state index in [9.17, 15) is 0 Å². The Hall–Kier alpha value is -2.08. The van der Waals surface area contributed by atoms with Crippen molar-refractivity contribution >= 4 is 0 Å². The molecule has 2 rings (SSSR count). The van der Waals surface area contributed by atoms with E-state index in [0.29, 0.717) is 17.4 Å². The van der Waals surface area contributed by atoms with Gasteiger partial charge in [-0.3, -0.25) is 4.98 Å². The molecule has 6 nitrogen and oxygen atoms in total. The monoisotopic (exact) mass is 259 g/mol. The van der Waals surface area contributed by atoms with Crippen molar-refractivity contribution in [3.05, 3.63) is 42.4 Å². The Bertz CT molecular complexity index is 505. The van der Waals surface area contributed by atoms with Gasteiger partial charge in [-0.1, -0.05) is 6.92 Å². The Labute approximate surface area is 112 Å². The van der Waals surface area contributed by atoms with E-state index in [0.717, 1.165) is 13.0 Å². The van der Waals surface area contributed by atoms with Crippen LogP contribution in [0.4, 0.5) is 0 Å². The van der Waals surface area contributed by atoms with E-state index < -0.39 is 0 Å². The van der Waals surface area contributed by atoms with Gasteiger partial charge in [0.2, 0.25) is 5.88 Å². The minimum Gasteiger partial charge on any atom is -0.480 e. The lowest BCUT2D eigenvalue weighted by atomic mass is 10.2. The lowest BCUT2D eigenvalue weighted by molar-refractivity contribution is 0.381. The van der Waals surface area contributed by atoms with E-state index in [-0.39, 0.29) is 6.04 Å². The summed E-state index contributed by atoms with van der Waals surface area (Å²) in [5.74, 6) is 1.15. The van der Waals surface area contributed by atoms with E-state index in [4.69, 9.17) is 4.74 Å². The second kappa shape index (κ2) is 6.75. The highest BCUT2D eigenvalue weighted by Gasteiger charge is 2.22. The predicted molar refractivity (Wildman–Crippen MR) is 70.8 cm³/mol. The van der Waals surface area contributed by atoms with Crippen LogP contribution in [0.2, 0.25) is 0 Å². The highest BCUT2D eigenvalue weighted by atomic mass is 16.5. The number of hydrogen-bond acceptors (Lipinski definition) is 6. The summed E-state index contributed by atoms with van der Waals surface area (Å²) in [6.45, 7) is 2.94. The molecule has 0 aliphatic heterocycles. The molecule has 0 aliphatic rings. The molecule has 0 saturated carbocycles. The van der Waals surface area contributed by atoms with Crippen molar-refractivity contribution in [1.82, 2.24) is 25.3 Å². The van der Waals surface area contributed by atoms with Crippen LogP contribution in [0.15, 0.2) is 30.9 Å². The van der Waals surface area contributed by atoms with E-state index in [1.54, 1.807) is 38.0 Å². The smallest absolute Gasteiger partial charge is 0.237 e. The van der Waals surface area contributed by atoms with Gasteiger partial charge in [-0.25, -0.2) is 15.0 Å². The average Bonchev–Trinajstić information content (AvgIpc) is 2.49. The van der Waals surface area contributed by atoms with Crippen LogP contribution in [-0.4, -0.2) is 33.6 Å². The standard InChI is InChI=1S/C13H17N5O/c1-3-5-14-10(12-16-6-4-7-17-12)11-13(19-2)18-9-8-15-11/h4,6-10,14H,3,5H2,1-2H3. The first-order valence-electron chi connectivity index (χ1n) is 6.22. The van der Waals surface area contributed by atoms with Crippen LogP contribution >= 0.6 is 0 Å². The molecular formula is C13H17N5O. The zero-order chi connectivity index (χ0) is 13.5. The van der Waals surface area contributed by atoms with Crippen molar-refractivity contribution < 1.29 is 4.74 Å². The third-order valence-corrected chi connectivity index (χ3v) is 2.60. The van der Waals surface area contributed by atoms with Gasteiger partial charge in [0.1, 0.15) is 11.7 Å². The number of rotatable bonds is 6. The summed E-state index contributed by atoms with van der Waals surface area (Å²) in [5, 5.41) is 3.37. The Morgan fingerprint density at radius 3 is 2.53 bits per heavy atom. The normalized spacial score (nSPS) is 12.1. The highest BCUT2D eigenvalue weighted by Crippen LogP contribution is 2.23. The minimum atomic E-state index is -0.218. The first-order valence-corrected chi connectivity index (χ1v) is 6.22. The van der Waals surface area contributed by atoms with Crippen LogP contribution < -0.4 is 10.1 Å². The zero-order valence-corrected chi connectivity index (χ0v) is 11.1. The predicted octanol–water partition coefficient (Wildman–Crippen LogP) is 1.36. The minimum absolute atomic E-state index is 0.218. The van der Waals surface area contributed by atoms with Crippen LogP contribution in [0, 0.1) is 0 Å². The maximum absolute atomic E-state index is 5.26. The molecule has 1 unspecified atom stereocenters. The molecule has 2 aromatic rings. The largest absolute Gasteiger partial charge is 0.480 e. The van der Waals surface area contributed by atoms with E-state index in [1.807, 2.05) is 0 Å². The van der Waals surface area contributed by atoms with Crippen LogP contribution in [0.1, 0.15) is 30.9 Å². The van der Waals surface area contributed by atoms with Crippen LogP contribution in [0.3, 0.4) is 0 Å². The first kappa shape index (κ1) is 13.4. The number of methoxy groups -OCH3 is 1. The molecule has 0 spiro atoms. The molecule has 6 heteroatoms. The third-order valence-electron chi connectivity index (χ3n) is 2.60. The molecule has 0 fully saturated rings. The lowest BCUT2D eigenvalue weighted by Gasteiger charge is -2.17. The molecular weight excluding hydrogens is 242 g/mol. The Morgan fingerprint density at radius 1 is 1.11 bits per heavy atom. The third kappa shape index (κ3) is 3.23. The fourth-order valence-electron chi connectivity index (χ4n) is 1.75. The Morgan fingerprint density at radius 2 is 1.84 bits per heavy atom. The van der Waals surface area contributed by atoms with Crippen molar-refractivity contribution in [3.8, 4) is 5.88 Å². The molecule has 0 bridgehead atoms. The summed E-state index contributed by atoms with van der Waals surface area (Å²) in [7, 11) is 1.58. The number of nitrogens with zero attached hydrogens (tertiary/aromatic N) is 4. The van der Waals surface area contributed by atoms with Gasteiger partial charge in [-0.2, -0.15) is 0 Å². The molecule has 0 saturated heterocycles. The van der Waals surface area contributed by atoms with E-state index in [1.165, 1.54) is 0 Å². The first-order chi connectivity index (χ1) is 9.36. The van der Waals surface area contributed by atoms with Crippen molar-refractivity contribution in [2.45, 2.75) is 19.4 Å². The lowest BCUT2D eigenvalue weighted by Crippen LogP contribution is -2.26. The number of ether oxygens (including phenoxy) is 1. The summed E-state index contributed by atoms with van der Waals surface area (Å²) < 4.78 is 5.26. The zero-order valence-electron chi connectivity index (χ0n) is 11.1. The van der Waals surface area contributed by atoms with Crippen molar-refractivity contribution in [2.75, 3.05) is 13.7 Å². The Balaban J connectivity index is 2.37. The quantitative estimate of drug-likeness (QED) is 0.844. The summed E-state index contributed by atoms with van der Waals surface area (Å²) in [4.78, 5) is 17.1. The molecule has 1 N–H and O–H groups in total. The molecule has 19 heavy (non-hydrogen) atoms. The molecule has 2 aromatic heterocycles. The van der Waals surface area contributed by atoms with Crippen molar-refractivity contribution in [2.24, 2.45) is 0 Å². The Kier molecular flexibility index (Phi) is 4.74.